The van der Waals surface area contributed by atoms with Crippen LogP contribution < -0.4 is 0 Å². The van der Waals surface area contributed by atoms with Gasteiger partial charge in [0.15, 0.2) is 8.32 Å². The summed E-state index contributed by atoms with van der Waals surface area (Å²) in [5.74, 6) is 0. The first-order valence-electron chi connectivity index (χ1n) is 6.41. The standard InChI is InChI=1S/C11H28O4Si2/c1-8-12-17(13-9-2,14-10-3)11(4)15-16(5,6)7/h11H,8-10H2,1-7H3. The van der Waals surface area contributed by atoms with Crippen molar-refractivity contribution in [2.75, 3.05) is 19.8 Å². The molecule has 0 N–H and O–H groups in total. The average Bonchev–Trinajstić information content (AvgIpc) is 2.16. The van der Waals surface area contributed by atoms with Crippen LogP contribution in [0.1, 0.15) is 27.7 Å². The molecule has 0 rings (SSSR count). The van der Waals surface area contributed by atoms with Crippen molar-refractivity contribution in [3.05, 3.63) is 0 Å². The largest absolute Gasteiger partial charge is 0.529 e. The molecule has 1 atom stereocenters. The zero-order valence-electron chi connectivity index (χ0n) is 12.3. The van der Waals surface area contributed by atoms with E-state index in [1.807, 2.05) is 27.7 Å². The fraction of sp³-hybridized carbons (Fsp3) is 1.00. The third kappa shape index (κ3) is 6.12. The predicted octanol–water partition coefficient (Wildman–Crippen LogP) is 2.81. The summed E-state index contributed by atoms with van der Waals surface area (Å²) in [5.41, 5.74) is -0.103. The summed E-state index contributed by atoms with van der Waals surface area (Å²) in [6, 6.07) is 0. The van der Waals surface area contributed by atoms with E-state index in [0.29, 0.717) is 19.8 Å². The Morgan fingerprint density at radius 1 is 0.824 bits per heavy atom. The van der Waals surface area contributed by atoms with Crippen molar-refractivity contribution >= 4 is 17.1 Å². The van der Waals surface area contributed by atoms with Gasteiger partial charge in [-0.3, -0.25) is 0 Å². The van der Waals surface area contributed by atoms with Crippen LogP contribution in [0, 0.1) is 0 Å². The lowest BCUT2D eigenvalue weighted by Gasteiger charge is -2.36. The van der Waals surface area contributed by atoms with Gasteiger partial charge in [-0.2, -0.15) is 0 Å². The zero-order chi connectivity index (χ0) is 13.5. The third-order valence-corrected chi connectivity index (χ3v) is 6.55. The minimum atomic E-state index is -2.70. The van der Waals surface area contributed by atoms with Gasteiger partial charge >= 0.3 is 8.80 Å². The van der Waals surface area contributed by atoms with Crippen LogP contribution in [-0.2, 0) is 17.7 Å². The lowest BCUT2D eigenvalue weighted by molar-refractivity contribution is 0.0317. The molecular weight excluding hydrogens is 252 g/mol. The van der Waals surface area contributed by atoms with Crippen molar-refractivity contribution in [1.82, 2.24) is 0 Å². The molecule has 17 heavy (non-hydrogen) atoms. The van der Waals surface area contributed by atoms with Crippen LogP contribution in [0.3, 0.4) is 0 Å². The molecule has 4 nitrogen and oxygen atoms in total. The second-order valence-electron chi connectivity index (χ2n) is 4.78. The van der Waals surface area contributed by atoms with E-state index < -0.39 is 17.1 Å². The smallest absolute Gasteiger partial charge is 0.410 e. The van der Waals surface area contributed by atoms with Gasteiger partial charge in [-0.25, -0.2) is 0 Å². The summed E-state index contributed by atoms with van der Waals surface area (Å²) in [5, 5.41) is 0. The highest BCUT2D eigenvalue weighted by molar-refractivity contribution is 6.71. The molecule has 0 bridgehead atoms. The van der Waals surface area contributed by atoms with Crippen LogP contribution in [-0.4, -0.2) is 42.7 Å². The molecule has 0 spiro atoms. The van der Waals surface area contributed by atoms with E-state index in [1.165, 1.54) is 0 Å². The van der Waals surface area contributed by atoms with Gasteiger partial charge in [0.2, 0.25) is 0 Å². The quantitative estimate of drug-likeness (QED) is 0.609. The molecule has 0 amide bonds. The minimum Gasteiger partial charge on any atom is -0.410 e. The van der Waals surface area contributed by atoms with Crippen molar-refractivity contribution in [3.8, 4) is 0 Å². The first kappa shape index (κ1) is 17.3. The number of hydrogen-bond acceptors (Lipinski definition) is 4. The maximum atomic E-state index is 6.09. The maximum absolute atomic E-state index is 6.09. The molecule has 0 aromatic carbocycles. The second-order valence-corrected chi connectivity index (χ2v) is 12.1. The van der Waals surface area contributed by atoms with Crippen LogP contribution >= 0.6 is 0 Å². The molecule has 0 aliphatic rings. The van der Waals surface area contributed by atoms with Gasteiger partial charge in [-0.1, -0.05) is 0 Å². The second kappa shape index (κ2) is 7.65. The van der Waals surface area contributed by atoms with Crippen LogP contribution in [0.4, 0.5) is 0 Å². The van der Waals surface area contributed by atoms with Gasteiger partial charge < -0.3 is 17.7 Å². The maximum Gasteiger partial charge on any atom is 0.529 e. The van der Waals surface area contributed by atoms with Crippen LogP contribution in [0.15, 0.2) is 0 Å². The van der Waals surface area contributed by atoms with E-state index in [0.717, 1.165) is 0 Å². The molecule has 104 valence electrons. The zero-order valence-corrected chi connectivity index (χ0v) is 14.3. The lowest BCUT2D eigenvalue weighted by atomic mass is 10.9. The fourth-order valence-electron chi connectivity index (χ4n) is 1.68. The molecule has 0 aliphatic carbocycles. The highest BCUT2D eigenvalue weighted by Gasteiger charge is 2.49. The van der Waals surface area contributed by atoms with Crippen LogP contribution in [0.5, 0.6) is 0 Å². The highest BCUT2D eigenvalue weighted by atomic mass is 28.4. The summed E-state index contributed by atoms with van der Waals surface area (Å²) < 4.78 is 23.5. The van der Waals surface area contributed by atoms with E-state index >= 15 is 0 Å². The molecule has 0 saturated carbocycles. The molecule has 0 aromatic heterocycles. The summed E-state index contributed by atoms with van der Waals surface area (Å²) >= 11 is 0. The SMILES string of the molecule is CCO[Si](OCC)(OCC)C(C)O[Si](C)(C)C. The Morgan fingerprint density at radius 2 is 1.18 bits per heavy atom. The normalized spacial score (nSPS) is 15.0. The summed E-state index contributed by atoms with van der Waals surface area (Å²) in [6.07, 6.45) is 0. The number of rotatable bonds is 9. The molecule has 6 heteroatoms. The van der Waals surface area contributed by atoms with Crippen LogP contribution in [0.2, 0.25) is 19.6 Å². The lowest BCUT2D eigenvalue weighted by Crippen LogP contribution is -2.58. The van der Waals surface area contributed by atoms with Gasteiger partial charge in [0.05, 0.1) is 0 Å². The van der Waals surface area contributed by atoms with Crippen molar-refractivity contribution in [3.63, 3.8) is 0 Å². The van der Waals surface area contributed by atoms with Crippen molar-refractivity contribution in [2.24, 2.45) is 0 Å². The Bertz CT molecular complexity index is 189. The molecular formula is C11H28O4Si2. The van der Waals surface area contributed by atoms with E-state index in [2.05, 4.69) is 19.6 Å². The monoisotopic (exact) mass is 280 g/mol. The van der Waals surface area contributed by atoms with E-state index in [-0.39, 0.29) is 5.73 Å². The Balaban J connectivity index is 4.83. The van der Waals surface area contributed by atoms with Crippen molar-refractivity contribution in [1.29, 1.82) is 0 Å². The van der Waals surface area contributed by atoms with Gasteiger partial charge in [-0.15, -0.1) is 0 Å². The first-order valence-corrected chi connectivity index (χ1v) is 11.6. The fourth-order valence-corrected chi connectivity index (χ4v) is 6.54. The van der Waals surface area contributed by atoms with E-state index in [1.54, 1.807) is 0 Å². The van der Waals surface area contributed by atoms with Crippen molar-refractivity contribution in [2.45, 2.75) is 53.1 Å². The highest BCUT2D eigenvalue weighted by Crippen LogP contribution is 2.21. The van der Waals surface area contributed by atoms with Gasteiger partial charge in [0.25, 0.3) is 0 Å². The Morgan fingerprint density at radius 3 is 1.41 bits per heavy atom. The Kier molecular flexibility index (Phi) is 7.78. The molecule has 0 aliphatic heterocycles. The molecule has 1 unspecified atom stereocenters. The number of hydrogen-bond donors (Lipinski definition) is 0. The predicted molar refractivity (Wildman–Crippen MR) is 74.5 cm³/mol. The van der Waals surface area contributed by atoms with Crippen LogP contribution in [0.25, 0.3) is 0 Å². The topological polar surface area (TPSA) is 36.9 Å². The molecule has 0 radical (unpaired) electrons. The summed E-state index contributed by atoms with van der Waals surface area (Å²) in [6.45, 7) is 16.1. The minimum absolute atomic E-state index is 0.103. The molecule has 0 aromatic rings. The Hall–Kier alpha value is 0.274. The Labute approximate surface area is 108 Å². The van der Waals surface area contributed by atoms with Gasteiger partial charge in [0, 0.05) is 19.8 Å². The van der Waals surface area contributed by atoms with Gasteiger partial charge in [-0.05, 0) is 47.3 Å². The third-order valence-electron chi connectivity index (χ3n) is 2.06. The summed E-state index contributed by atoms with van der Waals surface area (Å²) in [7, 11) is -4.32. The van der Waals surface area contributed by atoms with E-state index in [9.17, 15) is 0 Å². The summed E-state index contributed by atoms with van der Waals surface area (Å²) in [4.78, 5) is 0. The van der Waals surface area contributed by atoms with Gasteiger partial charge in [0.1, 0.15) is 5.73 Å². The molecule has 0 heterocycles. The molecule has 0 fully saturated rings. The average molecular weight is 281 g/mol. The molecule has 0 saturated heterocycles. The van der Waals surface area contributed by atoms with E-state index in [4.69, 9.17) is 17.7 Å². The van der Waals surface area contributed by atoms with Crippen molar-refractivity contribution < 1.29 is 17.7 Å². The first-order chi connectivity index (χ1) is 7.81.